The van der Waals surface area contributed by atoms with Crippen molar-refractivity contribution in [1.29, 1.82) is 5.26 Å². The van der Waals surface area contributed by atoms with Gasteiger partial charge in [0.2, 0.25) is 0 Å². The first-order chi connectivity index (χ1) is 7.22. The number of hydrogen-bond donors (Lipinski definition) is 1. The van der Waals surface area contributed by atoms with Crippen LogP contribution in [-0.4, -0.2) is 21.0 Å². The van der Waals surface area contributed by atoms with E-state index in [9.17, 15) is 5.11 Å². The molecule has 4 nitrogen and oxygen atoms in total. The van der Waals surface area contributed by atoms with Crippen LogP contribution in [-0.2, 0) is 0 Å². The van der Waals surface area contributed by atoms with Gasteiger partial charge in [-0.15, -0.1) is 0 Å². The van der Waals surface area contributed by atoms with Crippen LogP contribution in [0, 0.1) is 11.3 Å². The molecule has 0 bridgehead atoms. The van der Waals surface area contributed by atoms with Gasteiger partial charge in [-0.25, -0.2) is 0 Å². The first kappa shape index (κ1) is 10.7. The summed E-state index contributed by atoms with van der Waals surface area (Å²) in [6.45, 7) is 0. The zero-order chi connectivity index (χ0) is 10.8. The van der Waals surface area contributed by atoms with Crippen LogP contribution in [0.3, 0.4) is 0 Å². The van der Waals surface area contributed by atoms with E-state index in [4.69, 9.17) is 5.26 Å². The Morgan fingerprint density at radius 3 is 2.87 bits per heavy atom. The summed E-state index contributed by atoms with van der Waals surface area (Å²) in [5, 5.41) is 22.8. The molecule has 0 aliphatic heterocycles. The van der Waals surface area contributed by atoms with E-state index < -0.39 is 0 Å². The number of aromatic nitrogens is 2. The second-order valence-corrected chi connectivity index (χ2v) is 4.69. The summed E-state index contributed by atoms with van der Waals surface area (Å²) >= 11 is 3.28. The molecule has 0 aromatic carbocycles. The quantitative estimate of drug-likeness (QED) is 0.848. The molecular weight excluding hydrogens is 258 g/mol. The van der Waals surface area contributed by atoms with Gasteiger partial charge in [-0.3, -0.25) is 4.68 Å². The summed E-state index contributed by atoms with van der Waals surface area (Å²) in [6, 6.07) is 2.03. The Morgan fingerprint density at radius 2 is 2.27 bits per heavy atom. The number of hydrogen-bond acceptors (Lipinski definition) is 3. The molecule has 0 saturated heterocycles. The fourth-order valence-electron chi connectivity index (χ4n) is 2.02. The fraction of sp³-hybridized carbons (Fsp3) is 0.600. The molecular formula is C10H12BrN3O. The molecule has 15 heavy (non-hydrogen) atoms. The number of nitrogens with zero attached hydrogens (tertiary/aromatic N) is 3. The average molecular weight is 270 g/mol. The van der Waals surface area contributed by atoms with E-state index in [1.54, 1.807) is 10.9 Å². The molecule has 1 aliphatic rings. The van der Waals surface area contributed by atoms with Crippen molar-refractivity contribution >= 4 is 15.9 Å². The van der Waals surface area contributed by atoms with Gasteiger partial charge < -0.3 is 5.11 Å². The zero-order valence-electron chi connectivity index (χ0n) is 8.23. The number of nitriles is 1. The van der Waals surface area contributed by atoms with Crippen molar-refractivity contribution in [2.75, 3.05) is 0 Å². The van der Waals surface area contributed by atoms with Crippen LogP contribution in [0.5, 0.6) is 0 Å². The third-order valence-corrected chi connectivity index (χ3v) is 3.41. The number of halogens is 1. The van der Waals surface area contributed by atoms with E-state index in [2.05, 4.69) is 21.0 Å². The molecule has 0 amide bonds. The van der Waals surface area contributed by atoms with E-state index in [1.807, 2.05) is 6.07 Å². The maximum atomic E-state index is 9.84. The Hall–Kier alpha value is -0.860. The van der Waals surface area contributed by atoms with Crippen molar-refractivity contribution in [3.05, 3.63) is 16.4 Å². The molecule has 1 fully saturated rings. The minimum absolute atomic E-state index is 0.0251. The smallest absolute Gasteiger partial charge is 0.176 e. The minimum atomic E-state index is -0.336. The third kappa shape index (κ3) is 2.06. The predicted molar refractivity (Wildman–Crippen MR) is 58.2 cm³/mol. The monoisotopic (exact) mass is 269 g/mol. The van der Waals surface area contributed by atoms with Gasteiger partial charge in [0, 0.05) is 6.20 Å². The van der Waals surface area contributed by atoms with Gasteiger partial charge in [-0.05, 0) is 28.8 Å². The number of aliphatic hydroxyl groups is 1. The predicted octanol–water partition coefficient (Wildman–Crippen LogP) is 1.99. The van der Waals surface area contributed by atoms with E-state index in [0.717, 1.165) is 25.7 Å². The Morgan fingerprint density at radius 1 is 1.53 bits per heavy atom. The molecule has 1 N–H and O–H groups in total. The third-order valence-electron chi connectivity index (χ3n) is 2.83. The minimum Gasteiger partial charge on any atom is -0.391 e. The van der Waals surface area contributed by atoms with Gasteiger partial charge in [0.1, 0.15) is 6.07 Å². The van der Waals surface area contributed by atoms with Crippen molar-refractivity contribution in [2.24, 2.45) is 0 Å². The highest BCUT2D eigenvalue weighted by molar-refractivity contribution is 9.10. The summed E-state index contributed by atoms with van der Waals surface area (Å²) in [4.78, 5) is 0. The molecule has 1 heterocycles. The summed E-state index contributed by atoms with van der Waals surface area (Å²) in [7, 11) is 0. The van der Waals surface area contributed by atoms with E-state index in [0.29, 0.717) is 10.2 Å². The highest BCUT2D eigenvalue weighted by atomic mass is 79.9. The van der Waals surface area contributed by atoms with E-state index in [-0.39, 0.29) is 12.1 Å². The van der Waals surface area contributed by atoms with Crippen molar-refractivity contribution in [3.8, 4) is 6.07 Å². The highest BCUT2D eigenvalue weighted by Crippen LogP contribution is 2.29. The molecule has 5 heteroatoms. The number of aliphatic hydroxyl groups excluding tert-OH is 1. The first-order valence-electron chi connectivity index (χ1n) is 5.05. The summed E-state index contributed by atoms with van der Waals surface area (Å²) in [5.74, 6) is 0. The van der Waals surface area contributed by atoms with Gasteiger partial charge in [0.25, 0.3) is 0 Å². The van der Waals surface area contributed by atoms with Gasteiger partial charge in [-0.1, -0.05) is 12.8 Å². The average Bonchev–Trinajstić information content (AvgIpc) is 2.60. The lowest BCUT2D eigenvalue weighted by Gasteiger charge is -2.27. The molecule has 1 aromatic rings. The molecule has 2 atom stereocenters. The molecule has 0 radical (unpaired) electrons. The van der Waals surface area contributed by atoms with Gasteiger partial charge in [0.05, 0.1) is 16.6 Å². The van der Waals surface area contributed by atoms with Crippen molar-refractivity contribution in [3.63, 3.8) is 0 Å². The lowest BCUT2D eigenvalue weighted by atomic mass is 9.93. The molecule has 80 valence electrons. The van der Waals surface area contributed by atoms with Crippen LogP contribution in [0.4, 0.5) is 0 Å². The molecule has 1 aromatic heterocycles. The van der Waals surface area contributed by atoms with Gasteiger partial charge in [0.15, 0.2) is 5.69 Å². The standard InChI is InChI=1S/C10H12BrN3O/c11-7-6-14(13-8(7)5-12)9-3-1-2-4-10(9)15/h6,9-10,15H,1-4H2/t9?,10-/m0/s1. The zero-order valence-corrected chi connectivity index (χ0v) is 9.81. The Balaban J connectivity index is 2.25. The van der Waals surface area contributed by atoms with Crippen molar-refractivity contribution < 1.29 is 5.11 Å². The van der Waals surface area contributed by atoms with Gasteiger partial charge >= 0.3 is 0 Å². The lowest BCUT2D eigenvalue weighted by Crippen LogP contribution is -2.27. The molecule has 1 unspecified atom stereocenters. The summed E-state index contributed by atoms with van der Waals surface area (Å²) < 4.78 is 2.41. The lowest BCUT2D eigenvalue weighted by molar-refractivity contribution is 0.0694. The highest BCUT2D eigenvalue weighted by Gasteiger charge is 2.25. The normalized spacial score (nSPS) is 26.2. The Kier molecular flexibility index (Phi) is 3.08. The summed E-state index contributed by atoms with van der Waals surface area (Å²) in [6.07, 6.45) is 5.38. The van der Waals surface area contributed by atoms with Crippen LogP contribution >= 0.6 is 15.9 Å². The van der Waals surface area contributed by atoms with Gasteiger partial charge in [-0.2, -0.15) is 10.4 Å². The van der Waals surface area contributed by atoms with Crippen LogP contribution < -0.4 is 0 Å². The largest absolute Gasteiger partial charge is 0.391 e. The SMILES string of the molecule is N#Cc1nn(C2CCCC[C@@H]2O)cc1Br. The topological polar surface area (TPSA) is 61.8 Å². The second kappa shape index (κ2) is 4.33. The first-order valence-corrected chi connectivity index (χ1v) is 5.84. The maximum absolute atomic E-state index is 9.84. The fourth-order valence-corrected chi connectivity index (χ4v) is 2.39. The number of rotatable bonds is 1. The molecule has 1 aliphatic carbocycles. The summed E-state index contributed by atoms with van der Waals surface area (Å²) in [5.41, 5.74) is 0.382. The Labute approximate surface area is 96.6 Å². The van der Waals surface area contributed by atoms with Crippen molar-refractivity contribution in [2.45, 2.75) is 37.8 Å². The van der Waals surface area contributed by atoms with Crippen LogP contribution in [0.15, 0.2) is 10.7 Å². The van der Waals surface area contributed by atoms with Crippen LogP contribution in [0.2, 0.25) is 0 Å². The van der Waals surface area contributed by atoms with Crippen LogP contribution in [0.1, 0.15) is 37.4 Å². The molecule has 0 spiro atoms. The Bertz CT molecular complexity index is 396. The molecule has 2 rings (SSSR count). The molecule has 1 saturated carbocycles. The van der Waals surface area contributed by atoms with E-state index in [1.165, 1.54) is 0 Å². The van der Waals surface area contributed by atoms with E-state index >= 15 is 0 Å². The van der Waals surface area contributed by atoms with Crippen LogP contribution in [0.25, 0.3) is 0 Å². The maximum Gasteiger partial charge on any atom is 0.176 e. The second-order valence-electron chi connectivity index (χ2n) is 3.84. The van der Waals surface area contributed by atoms with Crippen molar-refractivity contribution in [1.82, 2.24) is 9.78 Å².